The van der Waals surface area contributed by atoms with E-state index in [1.54, 1.807) is 25.1 Å². The summed E-state index contributed by atoms with van der Waals surface area (Å²) >= 11 is 0. The SMILES string of the molecule is C[C@H](c1cccc(C(=O)N(C)C)c1)N1C(=O)[C@H]2C[C@@H]1CN2C[C@H](C)C(=O)N1C2C[C@H]2C[C@H]1C#N. The van der Waals surface area contributed by atoms with Crippen LogP contribution in [0.1, 0.15) is 55.1 Å². The summed E-state index contributed by atoms with van der Waals surface area (Å²) in [6.45, 7) is 5.25. The Hall–Kier alpha value is -2.92. The average Bonchev–Trinajstić information content (AvgIpc) is 3.15. The molecule has 1 aromatic rings. The van der Waals surface area contributed by atoms with Crippen LogP contribution in [0.2, 0.25) is 0 Å². The van der Waals surface area contributed by atoms with Crippen LogP contribution in [-0.4, -0.2) is 88.7 Å². The minimum Gasteiger partial charge on any atom is -0.345 e. The number of amides is 3. The highest BCUT2D eigenvalue weighted by molar-refractivity contribution is 5.94. The lowest BCUT2D eigenvalue weighted by atomic mass is 10.0. The Morgan fingerprint density at radius 2 is 1.97 bits per heavy atom. The van der Waals surface area contributed by atoms with Gasteiger partial charge in [-0.2, -0.15) is 5.26 Å². The summed E-state index contributed by atoms with van der Waals surface area (Å²) in [7, 11) is 3.46. The molecule has 1 aromatic carbocycles. The van der Waals surface area contributed by atoms with Gasteiger partial charge in [0, 0.05) is 50.7 Å². The summed E-state index contributed by atoms with van der Waals surface area (Å²) < 4.78 is 0. The molecule has 1 unspecified atom stereocenters. The predicted molar refractivity (Wildman–Crippen MR) is 125 cm³/mol. The Balaban J connectivity index is 1.24. The van der Waals surface area contributed by atoms with Crippen LogP contribution in [0.15, 0.2) is 24.3 Å². The van der Waals surface area contributed by atoms with Crippen LogP contribution in [0.4, 0.5) is 0 Å². The monoisotopic (exact) mass is 463 g/mol. The molecule has 7 atom stereocenters. The first-order valence-electron chi connectivity index (χ1n) is 12.3. The Morgan fingerprint density at radius 1 is 1.21 bits per heavy atom. The van der Waals surface area contributed by atoms with E-state index in [9.17, 15) is 19.6 Å². The van der Waals surface area contributed by atoms with Gasteiger partial charge in [-0.3, -0.25) is 19.3 Å². The van der Waals surface area contributed by atoms with Crippen LogP contribution in [0.5, 0.6) is 0 Å². The number of likely N-dealkylation sites (tertiary alicyclic amines) is 3. The summed E-state index contributed by atoms with van der Waals surface area (Å²) in [5.41, 5.74) is 1.58. The summed E-state index contributed by atoms with van der Waals surface area (Å²) in [5.74, 6) is 0.376. The highest BCUT2D eigenvalue weighted by Crippen LogP contribution is 2.48. The Bertz CT molecular complexity index is 1060. The predicted octanol–water partition coefficient (Wildman–Crippen LogP) is 1.88. The molecule has 3 aliphatic heterocycles. The van der Waals surface area contributed by atoms with Crippen molar-refractivity contribution in [2.24, 2.45) is 11.8 Å². The van der Waals surface area contributed by atoms with E-state index in [0.29, 0.717) is 18.0 Å². The maximum Gasteiger partial charge on any atom is 0.253 e. The third-order valence-electron chi connectivity index (χ3n) is 8.19. The topological polar surface area (TPSA) is 88.0 Å². The summed E-state index contributed by atoms with van der Waals surface area (Å²) in [6.07, 6.45) is 2.61. The number of piperidine rings is 1. The molecular formula is C26H33N5O3. The number of hydrogen-bond acceptors (Lipinski definition) is 5. The number of carbonyl (C=O) groups excluding carboxylic acids is 3. The Labute approximate surface area is 201 Å². The Kier molecular flexibility index (Phi) is 5.64. The molecular weight excluding hydrogens is 430 g/mol. The van der Waals surface area contributed by atoms with Gasteiger partial charge in [-0.25, -0.2) is 0 Å². The zero-order chi connectivity index (χ0) is 24.3. The van der Waals surface area contributed by atoms with Crippen molar-refractivity contribution in [1.29, 1.82) is 5.26 Å². The lowest BCUT2D eigenvalue weighted by molar-refractivity contribution is -0.142. The zero-order valence-corrected chi connectivity index (χ0v) is 20.3. The van der Waals surface area contributed by atoms with Gasteiger partial charge in [-0.1, -0.05) is 19.1 Å². The maximum atomic E-state index is 13.4. The van der Waals surface area contributed by atoms with Gasteiger partial charge < -0.3 is 14.7 Å². The van der Waals surface area contributed by atoms with Crippen molar-refractivity contribution in [3.05, 3.63) is 35.4 Å². The smallest absolute Gasteiger partial charge is 0.253 e. The molecule has 180 valence electrons. The van der Waals surface area contributed by atoms with E-state index < -0.39 is 0 Å². The maximum absolute atomic E-state index is 13.4. The highest BCUT2D eigenvalue weighted by Gasteiger charge is 2.55. The molecule has 3 saturated heterocycles. The van der Waals surface area contributed by atoms with Gasteiger partial charge in [0.2, 0.25) is 11.8 Å². The first-order chi connectivity index (χ1) is 16.2. The second kappa shape index (κ2) is 8.38. The number of hydrogen-bond donors (Lipinski definition) is 0. The van der Waals surface area contributed by atoms with Crippen molar-refractivity contribution in [1.82, 2.24) is 19.6 Å². The third-order valence-corrected chi connectivity index (χ3v) is 8.19. The number of fused-ring (bicyclic) bond motifs is 3. The number of nitrogens with zero attached hydrogens (tertiary/aromatic N) is 5. The standard InChI is InChI=1S/C26H33N5O3/c1-15(24(32)31-20(12-27)9-19-10-22(19)31)13-29-14-21-11-23(29)26(34)30(21)16(2)17-6-5-7-18(8-17)25(33)28(3)4/h5-8,15-16,19-23H,9-11,13-14H2,1-4H3/t15-,16+,19+,20-,21+,22?,23+/m0/s1. The third kappa shape index (κ3) is 3.67. The molecule has 3 heterocycles. The normalized spacial score (nSPS) is 31.3. The zero-order valence-electron chi connectivity index (χ0n) is 20.3. The molecule has 0 radical (unpaired) electrons. The first kappa shape index (κ1) is 22.9. The van der Waals surface area contributed by atoms with Crippen LogP contribution in [0.25, 0.3) is 0 Å². The van der Waals surface area contributed by atoms with Crippen molar-refractivity contribution in [2.75, 3.05) is 27.2 Å². The number of rotatable bonds is 6. The second-order valence-corrected chi connectivity index (χ2v) is 10.7. The van der Waals surface area contributed by atoms with Gasteiger partial charge in [0.15, 0.2) is 0 Å². The van der Waals surface area contributed by atoms with Gasteiger partial charge in [0.25, 0.3) is 5.91 Å². The van der Waals surface area contributed by atoms with Crippen molar-refractivity contribution < 1.29 is 14.4 Å². The molecule has 5 rings (SSSR count). The van der Waals surface area contributed by atoms with Gasteiger partial charge in [0.05, 0.1) is 18.2 Å². The lowest BCUT2D eigenvalue weighted by Gasteiger charge is -2.38. The fourth-order valence-corrected chi connectivity index (χ4v) is 6.32. The quantitative estimate of drug-likeness (QED) is 0.643. The number of carbonyl (C=O) groups is 3. The molecule has 2 bridgehead atoms. The van der Waals surface area contributed by atoms with Crippen molar-refractivity contribution in [3.8, 4) is 6.07 Å². The molecule has 8 heteroatoms. The van der Waals surface area contributed by atoms with E-state index in [1.807, 2.05) is 41.8 Å². The van der Waals surface area contributed by atoms with E-state index in [4.69, 9.17) is 0 Å². The largest absolute Gasteiger partial charge is 0.345 e. The van der Waals surface area contributed by atoms with Crippen LogP contribution in [-0.2, 0) is 9.59 Å². The van der Waals surface area contributed by atoms with Crippen molar-refractivity contribution in [2.45, 2.75) is 63.3 Å². The van der Waals surface area contributed by atoms with Gasteiger partial charge in [-0.05, 0) is 49.8 Å². The molecule has 1 aliphatic carbocycles. The average molecular weight is 464 g/mol. The molecule has 34 heavy (non-hydrogen) atoms. The van der Waals surface area contributed by atoms with Crippen molar-refractivity contribution in [3.63, 3.8) is 0 Å². The minimum atomic E-state index is -0.290. The van der Waals surface area contributed by atoms with Gasteiger partial charge >= 0.3 is 0 Å². The molecule has 0 N–H and O–H groups in total. The number of benzene rings is 1. The molecule has 4 aliphatic rings. The summed E-state index contributed by atoms with van der Waals surface area (Å²) in [5, 5.41) is 9.43. The highest BCUT2D eigenvalue weighted by atomic mass is 16.2. The minimum absolute atomic E-state index is 0.0534. The molecule has 3 amide bonds. The van der Waals surface area contributed by atoms with Crippen LogP contribution < -0.4 is 0 Å². The van der Waals surface area contributed by atoms with E-state index in [0.717, 1.165) is 31.4 Å². The first-order valence-corrected chi connectivity index (χ1v) is 12.3. The summed E-state index contributed by atoms with van der Waals surface area (Å²) in [4.78, 5) is 46.4. The fraction of sp³-hybridized carbons (Fsp3) is 0.615. The molecule has 1 saturated carbocycles. The molecule has 8 nitrogen and oxygen atoms in total. The van der Waals surface area contributed by atoms with Crippen LogP contribution >= 0.6 is 0 Å². The number of nitriles is 1. The molecule has 0 aromatic heterocycles. The van der Waals surface area contributed by atoms with Crippen LogP contribution in [0.3, 0.4) is 0 Å². The summed E-state index contributed by atoms with van der Waals surface area (Å²) in [6, 6.07) is 9.58. The van der Waals surface area contributed by atoms with Crippen molar-refractivity contribution >= 4 is 17.7 Å². The van der Waals surface area contributed by atoms with E-state index in [2.05, 4.69) is 11.0 Å². The lowest BCUT2D eigenvalue weighted by Crippen LogP contribution is -2.53. The van der Waals surface area contributed by atoms with E-state index >= 15 is 0 Å². The van der Waals surface area contributed by atoms with E-state index in [1.165, 1.54) is 0 Å². The Morgan fingerprint density at radius 3 is 2.65 bits per heavy atom. The molecule has 4 fully saturated rings. The van der Waals surface area contributed by atoms with Crippen LogP contribution in [0, 0.1) is 23.2 Å². The molecule has 0 spiro atoms. The fourth-order valence-electron chi connectivity index (χ4n) is 6.32. The van der Waals surface area contributed by atoms with Gasteiger partial charge in [-0.15, -0.1) is 0 Å². The van der Waals surface area contributed by atoms with Gasteiger partial charge in [0.1, 0.15) is 6.04 Å². The van der Waals surface area contributed by atoms with E-state index in [-0.39, 0.29) is 53.8 Å². The number of piperazine rings is 1. The second-order valence-electron chi connectivity index (χ2n) is 10.7.